The van der Waals surface area contributed by atoms with Gasteiger partial charge in [-0.25, -0.2) is 0 Å². The number of hydrogen-bond donors (Lipinski definition) is 0. The summed E-state index contributed by atoms with van der Waals surface area (Å²) in [6.45, 7) is 0. The molecule has 0 aliphatic rings. The highest BCUT2D eigenvalue weighted by molar-refractivity contribution is 5.54. The van der Waals surface area contributed by atoms with E-state index in [1.165, 1.54) is 6.07 Å². The summed E-state index contributed by atoms with van der Waals surface area (Å²) in [6.07, 6.45) is 0. The molecule has 0 saturated carbocycles. The molecule has 0 spiro atoms. The van der Waals surface area contributed by atoms with Crippen molar-refractivity contribution in [1.29, 1.82) is 0 Å². The van der Waals surface area contributed by atoms with E-state index in [0.29, 0.717) is 23.0 Å². The van der Waals surface area contributed by atoms with E-state index in [9.17, 15) is 10.1 Å². The monoisotopic (exact) mass is 409 g/mol. The van der Waals surface area contributed by atoms with Crippen molar-refractivity contribution in [1.82, 2.24) is 0 Å². The molecular formula is C23H23NO6. The number of non-ortho nitro benzene ring substituents is 1. The molecule has 0 N–H and O–H groups in total. The first kappa shape index (κ1) is 21.0. The number of nitro benzene ring substituents is 1. The summed E-state index contributed by atoms with van der Waals surface area (Å²) in [5.41, 5.74) is 2.57. The molecule has 0 amide bonds. The zero-order chi connectivity index (χ0) is 21.7. The third kappa shape index (κ3) is 4.15. The van der Waals surface area contributed by atoms with Gasteiger partial charge in [-0.05, 0) is 41.0 Å². The van der Waals surface area contributed by atoms with E-state index in [4.69, 9.17) is 18.9 Å². The van der Waals surface area contributed by atoms with Crippen molar-refractivity contribution >= 4 is 5.69 Å². The fourth-order valence-electron chi connectivity index (χ4n) is 3.46. The molecule has 0 fully saturated rings. The van der Waals surface area contributed by atoms with Gasteiger partial charge in [0.15, 0.2) is 23.0 Å². The van der Waals surface area contributed by atoms with Gasteiger partial charge >= 0.3 is 0 Å². The fourth-order valence-corrected chi connectivity index (χ4v) is 3.46. The van der Waals surface area contributed by atoms with Crippen LogP contribution >= 0.6 is 0 Å². The lowest BCUT2D eigenvalue weighted by atomic mass is 9.84. The number of benzene rings is 3. The first-order valence-corrected chi connectivity index (χ1v) is 9.20. The number of rotatable bonds is 8. The summed E-state index contributed by atoms with van der Waals surface area (Å²) < 4.78 is 21.6. The molecule has 0 heterocycles. The molecule has 156 valence electrons. The maximum absolute atomic E-state index is 11.3. The summed E-state index contributed by atoms with van der Waals surface area (Å²) >= 11 is 0. The van der Waals surface area contributed by atoms with Gasteiger partial charge in [-0.2, -0.15) is 0 Å². The quantitative estimate of drug-likeness (QED) is 0.302. The van der Waals surface area contributed by atoms with Crippen LogP contribution in [0.5, 0.6) is 23.0 Å². The van der Waals surface area contributed by atoms with Crippen LogP contribution in [0.25, 0.3) is 0 Å². The van der Waals surface area contributed by atoms with E-state index in [1.807, 2.05) is 42.5 Å². The summed E-state index contributed by atoms with van der Waals surface area (Å²) in [7, 11) is 6.29. The highest BCUT2D eigenvalue weighted by Crippen LogP contribution is 2.40. The Bertz CT molecular complexity index is 994. The normalized spacial score (nSPS) is 10.6. The maximum atomic E-state index is 11.3. The lowest BCUT2D eigenvalue weighted by Gasteiger charge is -2.21. The zero-order valence-electron chi connectivity index (χ0n) is 17.2. The highest BCUT2D eigenvalue weighted by atomic mass is 16.6. The average molecular weight is 409 g/mol. The molecule has 0 aliphatic heterocycles. The summed E-state index contributed by atoms with van der Waals surface area (Å²) in [4.78, 5) is 11.0. The summed E-state index contributed by atoms with van der Waals surface area (Å²) in [5.74, 6) is 2.05. The third-order valence-corrected chi connectivity index (χ3v) is 4.90. The molecule has 7 nitrogen and oxygen atoms in total. The Morgan fingerprint density at radius 2 is 1.13 bits per heavy atom. The van der Waals surface area contributed by atoms with Crippen LogP contribution in [0.2, 0.25) is 0 Å². The molecule has 0 atom stereocenters. The van der Waals surface area contributed by atoms with Gasteiger partial charge in [0.1, 0.15) is 0 Å². The zero-order valence-corrected chi connectivity index (χ0v) is 17.2. The lowest BCUT2D eigenvalue weighted by molar-refractivity contribution is -0.384. The van der Waals surface area contributed by atoms with Gasteiger partial charge in [-0.1, -0.05) is 24.3 Å². The van der Waals surface area contributed by atoms with Gasteiger partial charge < -0.3 is 18.9 Å². The molecule has 3 aromatic rings. The topological polar surface area (TPSA) is 80.1 Å². The van der Waals surface area contributed by atoms with Gasteiger partial charge in [-0.15, -0.1) is 0 Å². The Kier molecular flexibility index (Phi) is 6.41. The van der Waals surface area contributed by atoms with Crippen molar-refractivity contribution in [3.63, 3.8) is 0 Å². The lowest BCUT2D eigenvalue weighted by Crippen LogP contribution is -2.06. The van der Waals surface area contributed by atoms with Crippen LogP contribution in [0.1, 0.15) is 22.6 Å². The minimum atomic E-state index is -0.399. The summed E-state index contributed by atoms with van der Waals surface area (Å²) in [5, 5.41) is 11.3. The molecule has 30 heavy (non-hydrogen) atoms. The molecule has 7 heteroatoms. The Labute approximate surface area is 174 Å². The van der Waals surface area contributed by atoms with Gasteiger partial charge in [-0.3, -0.25) is 10.1 Å². The van der Waals surface area contributed by atoms with Crippen molar-refractivity contribution in [2.24, 2.45) is 0 Å². The van der Waals surface area contributed by atoms with E-state index in [0.717, 1.165) is 16.7 Å². The molecule has 0 bridgehead atoms. The molecule has 0 saturated heterocycles. The van der Waals surface area contributed by atoms with E-state index < -0.39 is 4.92 Å². The van der Waals surface area contributed by atoms with Crippen LogP contribution in [0, 0.1) is 10.1 Å². The van der Waals surface area contributed by atoms with E-state index in [-0.39, 0.29) is 11.6 Å². The Balaban J connectivity index is 2.22. The van der Waals surface area contributed by atoms with Crippen molar-refractivity contribution < 1.29 is 23.9 Å². The number of nitro groups is 1. The van der Waals surface area contributed by atoms with Crippen molar-refractivity contribution in [2.75, 3.05) is 28.4 Å². The maximum Gasteiger partial charge on any atom is 0.269 e. The predicted molar refractivity (Wildman–Crippen MR) is 113 cm³/mol. The molecule has 3 rings (SSSR count). The number of nitrogens with zero attached hydrogens (tertiary/aromatic N) is 1. The van der Waals surface area contributed by atoms with E-state index in [1.54, 1.807) is 40.6 Å². The second-order valence-corrected chi connectivity index (χ2v) is 6.51. The van der Waals surface area contributed by atoms with Crippen LogP contribution in [0.4, 0.5) is 5.69 Å². The first-order valence-electron chi connectivity index (χ1n) is 9.20. The number of hydrogen-bond acceptors (Lipinski definition) is 6. The van der Waals surface area contributed by atoms with Crippen molar-refractivity contribution in [3.8, 4) is 23.0 Å². The van der Waals surface area contributed by atoms with Crippen LogP contribution < -0.4 is 18.9 Å². The first-order chi connectivity index (χ1) is 14.5. The van der Waals surface area contributed by atoms with Crippen LogP contribution in [0.3, 0.4) is 0 Å². The average Bonchev–Trinajstić information content (AvgIpc) is 2.79. The smallest absolute Gasteiger partial charge is 0.269 e. The van der Waals surface area contributed by atoms with Crippen LogP contribution in [-0.2, 0) is 0 Å². The van der Waals surface area contributed by atoms with Gasteiger partial charge in [0.2, 0.25) is 0 Å². The fraction of sp³-hybridized carbons (Fsp3) is 0.217. The second kappa shape index (κ2) is 9.17. The van der Waals surface area contributed by atoms with E-state index in [2.05, 4.69) is 0 Å². The van der Waals surface area contributed by atoms with Gasteiger partial charge in [0.05, 0.1) is 33.4 Å². The standard InChI is InChI=1S/C23H23NO6/c1-27-19-10-8-16(13-21(19)29-3)23(15-6-5-7-18(12-15)24(25)26)17-9-11-20(28-2)22(14-17)30-4/h5-14,23H,1-4H3. The van der Waals surface area contributed by atoms with Gasteiger partial charge in [0.25, 0.3) is 5.69 Å². The molecule has 0 unspecified atom stereocenters. The minimum Gasteiger partial charge on any atom is -0.493 e. The van der Waals surface area contributed by atoms with Crippen LogP contribution in [-0.4, -0.2) is 33.4 Å². The van der Waals surface area contributed by atoms with Crippen LogP contribution in [0.15, 0.2) is 60.7 Å². The molecule has 0 radical (unpaired) electrons. The summed E-state index contributed by atoms with van der Waals surface area (Å²) in [6, 6.07) is 17.8. The van der Waals surface area contributed by atoms with E-state index >= 15 is 0 Å². The Hall–Kier alpha value is -3.74. The van der Waals surface area contributed by atoms with Gasteiger partial charge in [0, 0.05) is 18.1 Å². The number of ether oxygens (including phenoxy) is 4. The Morgan fingerprint density at radius 3 is 1.57 bits per heavy atom. The number of methoxy groups -OCH3 is 4. The molecule has 3 aromatic carbocycles. The SMILES string of the molecule is COc1ccc(C(c2cccc([N+](=O)[O-])c2)c2ccc(OC)c(OC)c2)cc1OC. The molecule has 0 aromatic heterocycles. The largest absolute Gasteiger partial charge is 0.493 e. The molecule has 0 aliphatic carbocycles. The van der Waals surface area contributed by atoms with Crippen molar-refractivity contribution in [2.45, 2.75) is 5.92 Å². The second-order valence-electron chi connectivity index (χ2n) is 6.51. The predicted octanol–water partition coefficient (Wildman–Crippen LogP) is 4.81. The van der Waals surface area contributed by atoms with Crippen molar-refractivity contribution in [3.05, 3.63) is 87.5 Å². The highest BCUT2D eigenvalue weighted by Gasteiger charge is 2.22. The molecular weight excluding hydrogens is 386 g/mol. The third-order valence-electron chi connectivity index (χ3n) is 4.90. The Morgan fingerprint density at radius 1 is 0.667 bits per heavy atom. The minimum absolute atomic E-state index is 0.0263.